The zero-order valence-electron chi connectivity index (χ0n) is 10.2. The molecule has 0 bridgehead atoms. The molecule has 0 unspecified atom stereocenters. The van der Waals surface area contributed by atoms with Crippen LogP contribution in [0, 0.1) is 0 Å². The first-order valence-electron chi connectivity index (χ1n) is 5.67. The van der Waals surface area contributed by atoms with Crippen LogP contribution in [-0.2, 0) is 13.1 Å². The third-order valence-corrected chi connectivity index (χ3v) is 2.53. The highest BCUT2D eigenvalue weighted by Gasteiger charge is 2.09. The van der Waals surface area contributed by atoms with Gasteiger partial charge in [-0.3, -0.25) is 9.88 Å². The summed E-state index contributed by atoms with van der Waals surface area (Å²) in [4.78, 5) is 6.81. The van der Waals surface area contributed by atoms with Crippen LogP contribution in [0.3, 0.4) is 0 Å². The van der Waals surface area contributed by atoms with Gasteiger partial charge in [-0.05, 0) is 26.0 Å². The first kappa shape index (κ1) is 12.9. The van der Waals surface area contributed by atoms with Gasteiger partial charge < -0.3 is 5.73 Å². The predicted molar refractivity (Wildman–Crippen MR) is 67.9 cm³/mol. The molecule has 0 aromatic carbocycles. The fraction of sp³-hybridized carbons (Fsp3) is 0.462. The molecule has 88 valence electrons. The number of rotatable bonds is 6. The second-order valence-electron chi connectivity index (χ2n) is 4.14. The van der Waals surface area contributed by atoms with E-state index in [2.05, 4.69) is 30.3 Å². The van der Waals surface area contributed by atoms with Crippen molar-refractivity contribution in [2.45, 2.75) is 33.0 Å². The lowest BCUT2D eigenvalue weighted by Gasteiger charge is -2.24. The zero-order valence-corrected chi connectivity index (χ0v) is 10.2. The zero-order chi connectivity index (χ0) is 12.0. The lowest BCUT2D eigenvalue weighted by molar-refractivity contribution is 0.234. The van der Waals surface area contributed by atoms with Crippen molar-refractivity contribution >= 4 is 0 Å². The van der Waals surface area contributed by atoms with Crippen molar-refractivity contribution in [1.82, 2.24) is 9.88 Å². The Morgan fingerprint density at radius 1 is 1.44 bits per heavy atom. The first-order chi connectivity index (χ1) is 7.67. The van der Waals surface area contributed by atoms with E-state index in [0.29, 0.717) is 12.6 Å². The Kier molecular flexibility index (Phi) is 5.15. The van der Waals surface area contributed by atoms with Gasteiger partial charge in [0.25, 0.3) is 0 Å². The number of hydrogen-bond acceptors (Lipinski definition) is 3. The van der Waals surface area contributed by atoms with Crippen LogP contribution in [0.2, 0.25) is 0 Å². The lowest BCUT2D eigenvalue weighted by atomic mass is 10.2. The van der Waals surface area contributed by atoms with Gasteiger partial charge in [0.15, 0.2) is 0 Å². The van der Waals surface area contributed by atoms with Crippen molar-refractivity contribution in [2.75, 3.05) is 6.54 Å². The number of aromatic nitrogens is 1. The van der Waals surface area contributed by atoms with E-state index >= 15 is 0 Å². The van der Waals surface area contributed by atoms with Crippen LogP contribution in [0.4, 0.5) is 0 Å². The summed E-state index contributed by atoms with van der Waals surface area (Å²) in [5.41, 5.74) is 7.59. The summed E-state index contributed by atoms with van der Waals surface area (Å²) < 4.78 is 0. The molecule has 0 amide bonds. The summed E-state index contributed by atoms with van der Waals surface area (Å²) in [7, 11) is 0. The van der Waals surface area contributed by atoms with Crippen molar-refractivity contribution in [3.8, 4) is 0 Å². The predicted octanol–water partition coefficient (Wildman–Crippen LogP) is 1.94. The number of nitrogens with zero attached hydrogens (tertiary/aromatic N) is 2. The van der Waals surface area contributed by atoms with Gasteiger partial charge in [-0.1, -0.05) is 12.1 Å². The first-order valence-corrected chi connectivity index (χ1v) is 5.67. The fourth-order valence-electron chi connectivity index (χ4n) is 1.56. The minimum Gasteiger partial charge on any atom is -0.325 e. The van der Waals surface area contributed by atoms with E-state index in [0.717, 1.165) is 24.5 Å². The second-order valence-corrected chi connectivity index (χ2v) is 4.14. The maximum Gasteiger partial charge on any atom is 0.0548 e. The molecule has 0 spiro atoms. The van der Waals surface area contributed by atoms with Crippen LogP contribution in [0.25, 0.3) is 0 Å². The van der Waals surface area contributed by atoms with E-state index in [1.807, 2.05) is 24.3 Å². The highest BCUT2D eigenvalue weighted by atomic mass is 15.1. The Balaban J connectivity index is 2.72. The number of nitrogens with two attached hydrogens (primary N) is 1. The smallest absolute Gasteiger partial charge is 0.0548 e. The average molecular weight is 219 g/mol. The molecule has 0 saturated heterocycles. The molecule has 1 aromatic heterocycles. The summed E-state index contributed by atoms with van der Waals surface area (Å²) in [6.45, 7) is 10.4. The molecule has 1 aromatic rings. The number of hydrogen-bond donors (Lipinski definition) is 1. The quantitative estimate of drug-likeness (QED) is 0.743. The van der Waals surface area contributed by atoms with E-state index < -0.39 is 0 Å². The van der Waals surface area contributed by atoms with Gasteiger partial charge in [0.2, 0.25) is 0 Å². The normalized spacial score (nSPS) is 11.1. The summed E-state index contributed by atoms with van der Waals surface area (Å²) in [5.74, 6) is 0. The molecular formula is C13H21N3. The van der Waals surface area contributed by atoms with Crippen LogP contribution in [-0.4, -0.2) is 22.5 Å². The average Bonchev–Trinajstić information content (AvgIpc) is 2.28. The third kappa shape index (κ3) is 3.76. The molecule has 3 heteroatoms. The molecule has 0 fully saturated rings. The number of pyridine rings is 1. The van der Waals surface area contributed by atoms with Gasteiger partial charge in [-0.2, -0.15) is 0 Å². The van der Waals surface area contributed by atoms with Gasteiger partial charge in [0.1, 0.15) is 0 Å². The van der Waals surface area contributed by atoms with Crippen LogP contribution < -0.4 is 5.73 Å². The maximum atomic E-state index is 5.58. The van der Waals surface area contributed by atoms with Gasteiger partial charge in [-0.15, -0.1) is 6.58 Å². The Morgan fingerprint density at radius 3 is 2.69 bits per heavy atom. The van der Waals surface area contributed by atoms with Crippen molar-refractivity contribution in [3.63, 3.8) is 0 Å². The van der Waals surface area contributed by atoms with Gasteiger partial charge in [-0.25, -0.2) is 0 Å². The molecule has 0 aliphatic carbocycles. The Bertz CT molecular complexity index is 334. The molecule has 0 saturated carbocycles. The molecule has 3 nitrogen and oxygen atoms in total. The monoisotopic (exact) mass is 219 g/mol. The molecule has 0 radical (unpaired) electrons. The topological polar surface area (TPSA) is 42.1 Å². The highest BCUT2D eigenvalue weighted by molar-refractivity contribution is 5.11. The summed E-state index contributed by atoms with van der Waals surface area (Å²) in [5, 5.41) is 0. The molecular weight excluding hydrogens is 198 g/mol. The molecule has 1 heterocycles. The molecule has 16 heavy (non-hydrogen) atoms. The molecule has 0 aliphatic heterocycles. The van der Waals surface area contributed by atoms with Crippen LogP contribution in [0.15, 0.2) is 30.9 Å². The second kappa shape index (κ2) is 6.40. The Hall–Kier alpha value is -1.19. The van der Waals surface area contributed by atoms with Crippen molar-refractivity contribution in [3.05, 3.63) is 42.2 Å². The van der Waals surface area contributed by atoms with E-state index in [9.17, 15) is 0 Å². The molecule has 0 aliphatic rings. The Morgan fingerprint density at radius 2 is 2.12 bits per heavy atom. The van der Waals surface area contributed by atoms with Crippen LogP contribution >= 0.6 is 0 Å². The third-order valence-electron chi connectivity index (χ3n) is 2.53. The van der Waals surface area contributed by atoms with Gasteiger partial charge >= 0.3 is 0 Å². The minimum absolute atomic E-state index is 0.487. The standard InChI is InChI=1S/C13H21N3/c1-4-8-16(11(2)3)10-13-7-5-6-12(9-14)15-13/h4-7,11H,1,8-10,14H2,2-3H3. The van der Waals surface area contributed by atoms with Crippen molar-refractivity contribution in [1.29, 1.82) is 0 Å². The van der Waals surface area contributed by atoms with E-state index in [1.165, 1.54) is 0 Å². The minimum atomic E-state index is 0.487. The van der Waals surface area contributed by atoms with Crippen molar-refractivity contribution in [2.24, 2.45) is 5.73 Å². The lowest BCUT2D eigenvalue weighted by Crippen LogP contribution is -2.30. The summed E-state index contributed by atoms with van der Waals surface area (Å²) in [6.07, 6.45) is 1.92. The van der Waals surface area contributed by atoms with E-state index in [-0.39, 0.29) is 0 Å². The van der Waals surface area contributed by atoms with Gasteiger partial charge in [0.05, 0.1) is 11.4 Å². The highest BCUT2D eigenvalue weighted by Crippen LogP contribution is 2.07. The molecule has 1 rings (SSSR count). The summed E-state index contributed by atoms with van der Waals surface area (Å²) >= 11 is 0. The maximum absolute atomic E-state index is 5.58. The summed E-state index contributed by atoms with van der Waals surface area (Å²) in [6, 6.07) is 6.49. The largest absolute Gasteiger partial charge is 0.325 e. The molecule has 2 N–H and O–H groups in total. The van der Waals surface area contributed by atoms with Crippen LogP contribution in [0.1, 0.15) is 25.2 Å². The van der Waals surface area contributed by atoms with Crippen molar-refractivity contribution < 1.29 is 0 Å². The fourth-order valence-corrected chi connectivity index (χ4v) is 1.56. The van der Waals surface area contributed by atoms with E-state index in [1.54, 1.807) is 0 Å². The molecule has 0 atom stereocenters. The van der Waals surface area contributed by atoms with Crippen LogP contribution in [0.5, 0.6) is 0 Å². The Labute approximate surface area is 98.0 Å². The SMILES string of the molecule is C=CCN(Cc1cccc(CN)n1)C(C)C. The van der Waals surface area contributed by atoms with Gasteiger partial charge in [0, 0.05) is 25.7 Å². The van der Waals surface area contributed by atoms with E-state index in [4.69, 9.17) is 5.73 Å².